The van der Waals surface area contributed by atoms with Gasteiger partial charge in [-0.05, 0) is 42.0 Å². The topological polar surface area (TPSA) is 96.3 Å². The minimum absolute atomic E-state index is 0.145. The largest absolute Gasteiger partial charge is 0.488 e. The van der Waals surface area contributed by atoms with E-state index < -0.39 is 30.1 Å². The molecule has 5 rings (SSSR count). The summed E-state index contributed by atoms with van der Waals surface area (Å²) >= 11 is 0. The van der Waals surface area contributed by atoms with E-state index in [1.807, 2.05) is 79.7 Å². The van der Waals surface area contributed by atoms with E-state index in [2.05, 4.69) is 0 Å². The molecule has 7 heteroatoms. The fourth-order valence-corrected chi connectivity index (χ4v) is 5.04. The maximum Gasteiger partial charge on any atom is 0.326 e. The quantitative estimate of drug-likeness (QED) is 0.481. The first-order chi connectivity index (χ1) is 17.9. The van der Waals surface area contributed by atoms with Gasteiger partial charge in [0.2, 0.25) is 0 Å². The Hall–Kier alpha value is -3.68. The number of ether oxygens (including phenoxy) is 2. The number of nitrogens with zero attached hydrogens (tertiary/aromatic N) is 1. The lowest BCUT2D eigenvalue weighted by molar-refractivity contribution is -0.167. The zero-order valence-corrected chi connectivity index (χ0v) is 20.7. The molecule has 0 radical (unpaired) electrons. The predicted molar refractivity (Wildman–Crippen MR) is 137 cm³/mol. The van der Waals surface area contributed by atoms with Gasteiger partial charge in [-0.2, -0.15) is 0 Å². The second-order valence-corrected chi connectivity index (χ2v) is 9.82. The van der Waals surface area contributed by atoms with Gasteiger partial charge in [-0.3, -0.25) is 4.79 Å². The summed E-state index contributed by atoms with van der Waals surface area (Å²) in [6, 6.07) is 21.8. The molecule has 0 unspecified atom stereocenters. The van der Waals surface area contributed by atoms with Gasteiger partial charge in [0.25, 0.3) is 5.91 Å². The highest BCUT2D eigenvalue weighted by Gasteiger charge is 2.41. The monoisotopic (exact) mass is 501 g/mol. The van der Waals surface area contributed by atoms with Crippen molar-refractivity contribution in [3.63, 3.8) is 0 Å². The van der Waals surface area contributed by atoms with Gasteiger partial charge < -0.3 is 24.6 Å². The van der Waals surface area contributed by atoms with Gasteiger partial charge in [-0.1, -0.05) is 72.8 Å². The van der Waals surface area contributed by atoms with E-state index in [-0.39, 0.29) is 19.1 Å². The number of hydrogen-bond acceptors (Lipinski definition) is 5. The highest BCUT2D eigenvalue weighted by Crippen LogP contribution is 2.37. The molecule has 2 aliphatic rings. The van der Waals surface area contributed by atoms with Crippen LogP contribution < -0.4 is 4.74 Å². The molecule has 2 N–H and O–H groups in total. The van der Waals surface area contributed by atoms with Gasteiger partial charge in [0.05, 0.1) is 12.2 Å². The zero-order chi connectivity index (χ0) is 25.9. The van der Waals surface area contributed by atoms with Gasteiger partial charge in [0.1, 0.15) is 18.4 Å². The second-order valence-electron chi connectivity index (χ2n) is 9.82. The van der Waals surface area contributed by atoms with Crippen LogP contribution in [-0.4, -0.2) is 45.2 Å². The molecule has 1 fully saturated rings. The fourth-order valence-electron chi connectivity index (χ4n) is 5.04. The van der Waals surface area contributed by atoms with Crippen LogP contribution >= 0.6 is 0 Å². The van der Waals surface area contributed by atoms with Crippen molar-refractivity contribution < 1.29 is 29.3 Å². The van der Waals surface area contributed by atoms with E-state index in [1.54, 1.807) is 0 Å². The van der Waals surface area contributed by atoms with Crippen LogP contribution in [0.4, 0.5) is 0 Å². The van der Waals surface area contributed by atoms with Crippen LogP contribution in [0.15, 0.2) is 72.8 Å². The van der Waals surface area contributed by atoms with E-state index in [9.17, 15) is 19.8 Å². The van der Waals surface area contributed by atoms with Crippen LogP contribution in [0.25, 0.3) is 0 Å². The molecular weight excluding hydrogens is 470 g/mol. The van der Waals surface area contributed by atoms with Gasteiger partial charge in [0.15, 0.2) is 6.10 Å². The summed E-state index contributed by atoms with van der Waals surface area (Å²) in [6.07, 6.45) is -0.549. The highest BCUT2D eigenvalue weighted by atomic mass is 16.5. The predicted octanol–water partition coefficient (Wildman–Crippen LogP) is 4.19. The van der Waals surface area contributed by atoms with Crippen molar-refractivity contribution in [2.45, 2.75) is 63.7 Å². The normalized spacial score (nSPS) is 21.5. The fraction of sp³-hybridized carbons (Fsp3) is 0.333. The molecule has 7 nitrogen and oxygen atoms in total. The number of carboxylic acid groups (broad SMARTS) is 1. The number of carbonyl (C=O) groups is 2. The Kier molecular flexibility index (Phi) is 7.26. The summed E-state index contributed by atoms with van der Waals surface area (Å²) in [7, 11) is 0. The summed E-state index contributed by atoms with van der Waals surface area (Å²) in [4.78, 5) is 27.7. The van der Waals surface area contributed by atoms with Crippen molar-refractivity contribution in [3.05, 3.63) is 101 Å². The molecule has 1 saturated carbocycles. The molecule has 2 atom stereocenters. The second kappa shape index (κ2) is 10.7. The van der Waals surface area contributed by atoms with Crippen LogP contribution in [0.5, 0.6) is 5.75 Å². The molecule has 3 aromatic rings. The summed E-state index contributed by atoms with van der Waals surface area (Å²) in [6.45, 7) is 2.46. The van der Waals surface area contributed by atoms with E-state index in [1.165, 1.54) is 4.90 Å². The van der Waals surface area contributed by atoms with Crippen molar-refractivity contribution in [3.8, 4) is 5.75 Å². The number of aliphatic carboxylic acids is 1. The van der Waals surface area contributed by atoms with Gasteiger partial charge in [-0.15, -0.1) is 0 Å². The first-order valence-electron chi connectivity index (χ1n) is 12.6. The van der Waals surface area contributed by atoms with Crippen molar-refractivity contribution >= 4 is 11.9 Å². The standard InChI is InChI=1S/C30H31NO6/c1-19-12-13-22-17-31(29(33)28(21-10-6-3-7-11-21)37-24-14-23(32)15-24)26(30(34)35)16-25(22)27(19)36-18-20-8-4-2-5-9-20/h2-13,23-24,26,28,32H,14-18H2,1H3,(H,34,35)/t23?,24?,26-,28+/m1/s1. The molecular formula is C30H31NO6. The Morgan fingerprint density at radius 1 is 1.00 bits per heavy atom. The van der Waals surface area contributed by atoms with Crippen LogP contribution in [0.1, 0.15) is 46.8 Å². The average Bonchev–Trinajstić information content (AvgIpc) is 2.90. The minimum Gasteiger partial charge on any atom is -0.488 e. The van der Waals surface area contributed by atoms with E-state index in [0.717, 1.165) is 22.3 Å². The highest BCUT2D eigenvalue weighted by molar-refractivity contribution is 5.88. The molecule has 3 aromatic carbocycles. The number of aryl methyl sites for hydroxylation is 1. The molecule has 1 amide bonds. The first-order valence-corrected chi connectivity index (χ1v) is 12.6. The molecule has 0 saturated heterocycles. The van der Waals surface area contributed by atoms with E-state index >= 15 is 0 Å². The van der Waals surface area contributed by atoms with E-state index in [0.29, 0.717) is 30.8 Å². The van der Waals surface area contributed by atoms with Gasteiger partial charge in [0, 0.05) is 18.5 Å². The number of aliphatic hydroxyl groups excluding tert-OH is 1. The zero-order valence-electron chi connectivity index (χ0n) is 20.7. The van der Waals surface area contributed by atoms with Crippen molar-refractivity contribution in [1.82, 2.24) is 4.90 Å². The maximum absolute atomic E-state index is 13.9. The summed E-state index contributed by atoms with van der Waals surface area (Å²) in [5, 5.41) is 19.9. The SMILES string of the molecule is Cc1ccc2c(c1OCc1ccccc1)C[C@H](C(=O)O)N(C(=O)[C@@H](OC1CC(O)C1)c1ccccc1)C2. The summed E-state index contributed by atoms with van der Waals surface area (Å²) < 4.78 is 12.3. The number of rotatable bonds is 8. The van der Waals surface area contributed by atoms with Crippen molar-refractivity contribution in [2.75, 3.05) is 0 Å². The smallest absolute Gasteiger partial charge is 0.326 e. The molecule has 0 bridgehead atoms. The maximum atomic E-state index is 13.9. The minimum atomic E-state index is -1.07. The van der Waals surface area contributed by atoms with Crippen LogP contribution in [0.3, 0.4) is 0 Å². The van der Waals surface area contributed by atoms with Gasteiger partial charge in [-0.25, -0.2) is 4.79 Å². The number of amides is 1. The number of hydrogen-bond donors (Lipinski definition) is 2. The number of carbonyl (C=O) groups excluding carboxylic acids is 1. The molecule has 192 valence electrons. The molecule has 37 heavy (non-hydrogen) atoms. The van der Waals surface area contributed by atoms with Crippen LogP contribution in [-0.2, 0) is 33.9 Å². The summed E-state index contributed by atoms with van der Waals surface area (Å²) in [5.74, 6) is -0.780. The Balaban J connectivity index is 1.43. The lowest BCUT2D eigenvalue weighted by Gasteiger charge is -2.39. The van der Waals surface area contributed by atoms with Crippen molar-refractivity contribution in [2.24, 2.45) is 0 Å². The molecule has 0 aromatic heterocycles. The summed E-state index contributed by atoms with van der Waals surface area (Å²) in [5.41, 5.74) is 4.30. The third-order valence-electron chi connectivity index (χ3n) is 7.19. The Morgan fingerprint density at radius 3 is 2.32 bits per heavy atom. The third kappa shape index (κ3) is 5.38. The number of benzene rings is 3. The van der Waals surface area contributed by atoms with E-state index in [4.69, 9.17) is 9.47 Å². The van der Waals surface area contributed by atoms with Crippen LogP contribution in [0.2, 0.25) is 0 Å². The molecule has 1 aliphatic carbocycles. The number of aliphatic hydroxyl groups is 1. The average molecular weight is 502 g/mol. The molecule has 0 spiro atoms. The molecule has 1 aliphatic heterocycles. The first kappa shape index (κ1) is 25.0. The molecule has 1 heterocycles. The van der Waals surface area contributed by atoms with Crippen molar-refractivity contribution in [1.29, 1.82) is 0 Å². The number of carboxylic acids is 1. The Labute approximate surface area is 216 Å². The Morgan fingerprint density at radius 2 is 1.68 bits per heavy atom. The van der Waals surface area contributed by atoms with Crippen LogP contribution in [0, 0.1) is 6.92 Å². The van der Waals surface area contributed by atoms with Gasteiger partial charge >= 0.3 is 5.97 Å². The number of fused-ring (bicyclic) bond motifs is 1. The third-order valence-corrected chi connectivity index (χ3v) is 7.19. The Bertz CT molecular complexity index is 1260. The lowest BCUT2D eigenvalue weighted by atomic mass is 9.90. The lowest BCUT2D eigenvalue weighted by Crippen LogP contribution is -2.51.